The van der Waals surface area contributed by atoms with Gasteiger partial charge in [0.2, 0.25) is 0 Å². The summed E-state index contributed by atoms with van der Waals surface area (Å²) in [6.07, 6.45) is 3.36. The summed E-state index contributed by atoms with van der Waals surface area (Å²) in [6, 6.07) is -0.441. The van der Waals surface area contributed by atoms with E-state index >= 15 is 0 Å². The lowest BCUT2D eigenvalue weighted by molar-refractivity contribution is 0.249. The topological polar surface area (TPSA) is 67.2 Å². The van der Waals surface area contributed by atoms with Crippen LogP contribution in [0.5, 0.6) is 0 Å². The Morgan fingerprint density at radius 2 is 1.92 bits per heavy atom. The quantitative estimate of drug-likeness (QED) is 0.489. The third-order valence-electron chi connectivity index (χ3n) is 1.54. The summed E-state index contributed by atoms with van der Waals surface area (Å²) in [5.41, 5.74) is 4.88. The highest BCUT2D eigenvalue weighted by Crippen LogP contribution is 1.82. The van der Waals surface area contributed by atoms with E-state index in [0.29, 0.717) is 6.54 Å². The number of unbranched alkanes of at least 4 members (excludes halogenated alkanes) is 1. The maximum Gasteiger partial charge on any atom is 0.312 e. The molecule has 12 heavy (non-hydrogen) atoms. The first-order valence-corrected chi connectivity index (χ1v) is 4.51. The van der Waals surface area contributed by atoms with Gasteiger partial charge in [0.1, 0.15) is 0 Å². The average Bonchev–Trinajstić information content (AvgIpc) is 2.02. The molecular formula is C8H19N3O. The van der Waals surface area contributed by atoms with Crippen LogP contribution in [0.1, 0.15) is 26.2 Å². The Hall–Kier alpha value is -0.770. The van der Waals surface area contributed by atoms with Crippen LogP contribution in [0.4, 0.5) is 4.79 Å². The minimum atomic E-state index is -0.441. The van der Waals surface area contributed by atoms with Crippen molar-refractivity contribution in [3.05, 3.63) is 0 Å². The highest BCUT2D eigenvalue weighted by atomic mass is 16.2. The highest BCUT2D eigenvalue weighted by Gasteiger charge is 1.90. The summed E-state index contributed by atoms with van der Waals surface area (Å²) < 4.78 is 0. The van der Waals surface area contributed by atoms with Crippen LogP contribution in [0.15, 0.2) is 0 Å². The number of carbonyl (C=O) groups is 1. The molecule has 0 aromatic carbocycles. The fourth-order valence-electron chi connectivity index (χ4n) is 0.852. The van der Waals surface area contributed by atoms with Gasteiger partial charge in [0, 0.05) is 6.54 Å². The fourth-order valence-corrected chi connectivity index (χ4v) is 0.852. The zero-order valence-corrected chi connectivity index (χ0v) is 7.73. The average molecular weight is 173 g/mol. The van der Waals surface area contributed by atoms with E-state index in [1.54, 1.807) is 0 Å². The summed E-state index contributed by atoms with van der Waals surface area (Å²) in [5.74, 6) is 0. The number of nitrogens with one attached hydrogen (secondary N) is 2. The van der Waals surface area contributed by atoms with Crippen molar-refractivity contribution in [1.82, 2.24) is 10.6 Å². The van der Waals surface area contributed by atoms with Crippen LogP contribution >= 0.6 is 0 Å². The second-order valence-electron chi connectivity index (χ2n) is 2.75. The van der Waals surface area contributed by atoms with E-state index in [1.807, 2.05) is 0 Å². The van der Waals surface area contributed by atoms with E-state index in [2.05, 4.69) is 17.6 Å². The summed E-state index contributed by atoms with van der Waals surface area (Å²) in [4.78, 5) is 10.2. The van der Waals surface area contributed by atoms with Crippen LogP contribution in [0.25, 0.3) is 0 Å². The largest absolute Gasteiger partial charge is 0.352 e. The predicted octanol–water partition coefficient (Wildman–Crippen LogP) is 0.434. The van der Waals surface area contributed by atoms with Gasteiger partial charge in [-0.3, -0.25) is 0 Å². The van der Waals surface area contributed by atoms with Gasteiger partial charge in [-0.15, -0.1) is 0 Å². The van der Waals surface area contributed by atoms with Gasteiger partial charge in [-0.1, -0.05) is 13.3 Å². The van der Waals surface area contributed by atoms with Crippen molar-refractivity contribution in [2.75, 3.05) is 19.6 Å². The lowest BCUT2D eigenvalue weighted by atomic mass is 10.3. The molecular weight excluding hydrogens is 154 g/mol. The SMILES string of the molecule is CCCCNCCCNC(N)=O. The van der Waals surface area contributed by atoms with E-state index in [0.717, 1.165) is 19.5 Å². The zero-order valence-electron chi connectivity index (χ0n) is 7.73. The van der Waals surface area contributed by atoms with Crippen LogP contribution in [0, 0.1) is 0 Å². The van der Waals surface area contributed by atoms with Gasteiger partial charge < -0.3 is 16.4 Å². The van der Waals surface area contributed by atoms with Crippen molar-refractivity contribution in [3.8, 4) is 0 Å². The Balaban J connectivity index is 2.86. The minimum absolute atomic E-state index is 0.441. The first kappa shape index (κ1) is 11.2. The fraction of sp³-hybridized carbons (Fsp3) is 0.875. The van der Waals surface area contributed by atoms with E-state index < -0.39 is 6.03 Å². The number of urea groups is 1. The van der Waals surface area contributed by atoms with E-state index in [4.69, 9.17) is 5.73 Å². The Kier molecular flexibility index (Phi) is 7.79. The molecule has 0 saturated carbocycles. The van der Waals surface area contributed by atoms with Crippen molar-refractivity contribution in [1.29, 1.82) is 0 Å². The third-order valence-corrected chi connectivity index (χ3v) is 1.54. The molecule has 2 amide bonds. The second-order valence-corrected chi connectivity index (χ2v) is 2.75. The second kappa shape index (κ2) is 8.33. The Bertz CT molecular complexity index is 117. The Labute approximate surface area is 73.9 Å². The molecule has 4 heteroatoms. The first-order chi connectivity index (χ1) is 5.77. The van der Waals surface area contributed by atoms with Crippen LogP contribution in [-0.2, 0) is 0 Å². The molecule has 0 spiro atoms. The minimum Gasteiger partial charge on any atom is -0.352 e. The van der Waals surface area contributed by atoms with Crippen molar-refractivity contribution in [2.45, 2.75) is 26.2 Å². The molecule has 0 saturated heterocycles. The molecule has 0 radical (unpaired) electrons. The molecule has 0 atom stereocenters. The first-order valence-electron chi connectivity index (χ1n) is 4.51. The molecule has 0 heterocycles. The smallest absolute Gasteiger partial charge is 0.312 e. The highest BCUT2D eigenvalue weighted by molar-refractivity contribution is 5.71. The predicted molar refractivity (Wildman–Crippen MR) is 50.0 cm³/mol. The van der Waals surface area contributed by atoms with Gasteiger partial charge in [-0.05, 0) is 25.9 Å². The maximum absolute atomic E-state index is 10.2. The summed E-state index contributed by atoms with van der Waals surface area (Å²) >= 11 is 0. The van der Waals surface area contributed by atoms with Gasteiger partial charge in [0.15, 0.2) is 0 Å². The molecule has 0 aliphatic heterocycles. The molecule has 0 unspecified atom stereocenters. The van der Waals surface area contributed by atoms with Crippen molar-refractivity contribution in [2.24, 2.45) is 5.73 Å². The lowest BCUT2D eigenvalue weighted by Gasteiger charge is -2.03. The van der Waals surface area contributed by atoms with Crippen LogP contribution in [0.3, 0.4) is 0 Å². The van der Waals surface area contributed by atoms with Gasteiger partial charge >= 0.3 is 6.03 Å². The molecule has 0 aromatic rings. The number of nitrogens with two attached hydrogens (primary N) is 1. The number of amides is 2. The van der Waals surface area contributed by atoms with Crippen molar-refractivity contribution < 1.29 is 4.79 Å². The number of hydrogen-bond acceptors (Lipinski definition) is 2. The zero-order chi connectivity index (χ0) is 9.23. The van der Waals surface area contributed by atoms with Crippen LogP contribution in [0.2, 0.25) is 0 Å². The van der Waals surface area contributed by atoms with Gasteiger partial charge in [0.25, 0.3) is 0 Å². The van der Waals surface area contributed by atoms with Crippen molar-refractivity contribution in [3.63, 3.8) is 0 Å². The van der Waals surface area contributed by atoms with Crippen LogP contribution < -0.4 is 16.4 Å². The summed E-state index contributed by atoms with van der Waals surface area (Å²) in [6.45, 7) is 4.83. The molecule has 0 rings (SSSR count). The molecule has 4 nitrogen and oxygen atoms in total. The molecule has 0 aliphatic rings. The van der Waals surface area contributed by atoms with E-state index in [9.17, 15) is 4.79 Å². The third kappa shape index (κ3) is 9.23. The molecule has 4 N–H and O–H groups in total. The monoisotopic (exact) mass is 173 g/mol. The van der Waals surface area contributed by atoms with Crippen molar-refractivity contribution >= 4 is 6.03 Å². The van der Waals surface area contributed by atoms with E-state index in [-0.39, 0.29) is 0 Å². The van der Waals surface area contributed by atoms with Gasteiger partial charge in [0.05, 0.1) is 0 Å². The van der Waals surface area contributed by atoms with E-state index in [1.165, 1.54) is 12.8 Å². The maximum atomic E-state index is 10.2. The number of carbonyl (C=O) groups excluding carboxylic acids is 1. The van der Waals surface area contributed by atoms with Crippen LogP contribution in [-0.4, -0.2) is 25.7 Å². The summed E-state index contributed by atoms with van der Waals surface area (Å²) in [5, 5.41) is 5.80. The standard InChI is InChI=1S/C8H19N3O/c1-2-3-5-10-6-4-7-11-8(9)12/h10H,2-7H2,1H3,(H3,9,11,12). The Morgan fingerprint density at radius 1 is 1.25 bits per heavy atom. The number of primary amides is 1. The molecule has 72 valence electrons. The number of hydrogen-bond donors (Lipinski definition) is 3. The molecule has 0 bridgehead atoms. The normalized spacial score (nSPS) is 9.75. The Morgan fingerprint density at radius 3 is 2.50 bits per heavy atom. The van der Waals surface area contributed by atoms with Gasteiger partial charge in [-0.2, -0.15) is 0 Å². The lowest BCUT2D eigenvalue weighted by Crippen LogP contribution is -2.31. The number of rotatable bonds is 7. The molecule has 0 aliphatic carbocycles. The van der Waals surface area contributed by atoms with Gasteiger partial charge in [-0.25, -0.2) is 4.79 Å². The summed E-state index contributed by atoms with van der Waals surface area (Å²) in [7, 11) is 0. The molecule has 0 fully saturated rings. The molecule has 0 aromatic heterocycles.